The smallest absolute Gasteiger partial charge is 0.344 e. The van der Waals surface area contributed by atoms with Gasteiger partial charge in [-0.15, -0.1) is 0 Å². The van der Waals surface area contributed by atoms with Crippen LogP contribution < -0.4 is 10.4 Å². The van der Waals surface area contributed by atoms with Crippen molar-refractivity contribution >= 4 is 11.0 Å². The molecule has 0 radical (unpaired) electrons. The molecule has 0 aliphatic rings. The number of hydrogen-bond acceptors (Lipinski definition) is 3. The third-order valence-electron chi connectivity index (χ3n) is 3.11. The maximum absolute atomic E-state index is 13.8. The number of ether oxygens (including phenoxy) is 1. The van der Waals surface area contributed by atoms with Gasteiger partial charge in [-0.25, -0.2) is 9.18 Å². The van der Waals surface area contributed by atoms with Crippen molar-refractivity contribution in [1.82, 2.24) is 0 Å². The number of rotatable bonds is 2. The molecule has 4 heteroatoms. The second kappa shape index (κ2) is 4.81. The van der Waals surface area contributed by atoms with Gasteiger partial charge in [0, 0.05) is 10.9 Å². The molecule has 1 aromatic heterocycles. The normalized spacial score (nSPS) is 10.7. The van der Waals surface area contributed by atoms with Crippen molar-refractivity contribution in [2.75, 3.05) is 7.11 Å². The predicted molar refractivity (Wildman–Crippen MR) is 74.4 cm³/mol. The van der Waals surface area contributed by atoms with Crippen molar-refractivity contribution in [2.45, 2.75) is 0 Å². The maximum atomic E-state index is 13.8. The maximum Gasteiger partial charge on any atom is 0.344 e. The van der Waals surface area contributed by atoms with E-state index in [0.717, 1.165) is 0 Å². The monoisotopic (exact) mass is 270 g/mol. The zero-order valence-corrected chi connectivity index (χ0v) is 10.7. The van der Waals surface area contributed by atoms with Gasteiger partial charge in [0.1, 0.15) is 5.82 Å². The van der Waals surface area contributed by atoms with Crippen LogP contribution in [0.2, 0.25) is 0 Å². The average Bonchev–Trinajstić information content (AvgIpc) is 2.47. The second-order valence-corrected chi connectivity index (χ2v) is 4.31. The minimum Gasteiger partial charge on any atom is -0.493 e. The Balaban J connectivity index is 2.32. The largest absolute Gasteiger partial charge is 0.493 e. The van der Waals surface area contributed by atoms with E-state index in [1.54, 1.807) is 42.5 Å². The molecule has 1 heterocycles. The van der Waals surface area contributed by atoms with Crippen LogP contribution >= 0.6 is 0 Å². The van der Waals surface area contributed by atoms with Gasteiger partial charge < -0.3 is 9.15 Å². The van der Waals surface area contributed by atoms with Crippen molar-refractivity contribution in [1.29, 1.82) is 0 Å². The first-order valence-corrected chi connectivity index (χ1v) is 6.06. The molecule has 0 amide bonds. The van der Waals surface area contributed by atoms with Gasteiger partial charge in [0.25, 0.3) is 0 Å². The lowest BCUT2D eigenvalue weighted by Crippen LogP contribution is -2.04. The second-order valence-electron chi connectivity index (χ2n) is 4.31. The van der Waals surface area contributed by atoms with Crippen LogP contribution in [0.4, 0.5) is 4.39 Å². The summed E-state index contributed by atoms with van der Waals surface area (Å²) in [6.07, 6.45) is 0. The molecule has 0 unspecified atom stereocenters. The Morgan fingerprint density at radius 3 is 2.60 bits per heavy atom. The molecule has 0 fully saturated rings. The first-order chi connectivity index (χ1) is 9.70. The number of para-hydroxylation sites is 1. The third-order valence-corrected chi connectivity index (χ3v) is 3.11. The molecule has 2 aromatic carbocycles. The number of hydrogen-bond donors (Lipinski definition) is 0. The van der Waals surface area contributed by atoms with E-state index in [4.69, 9.17) is 9.15 Å². The molecule has 0 atom stereocenters. The molecule has 0 N–H and O–H groups in total. The van der Waals surface area contributed by atoms with E-state index < -0.39 is 11.4 Å². The van der Waals surface area contributed by atoms with Gasteiger partial charge in [-0.3, -0.25) is 0 Å². The SMILES string of the molecule is COc1cccc2cc(-c3ccccc3F)c(=O)oc12. The van der Waals surface area contributed by atoms with E-state index >= 15 is 0 Å². The molecule has 0 aliphatic heterocycles. The van der Waals surface area contributed by atoms with Crippen molar-refractivity contribution in [2.24, 2.45) is 0 Å². The molecule has 20 heavy (non-hydrogen) atoms. The zero-order valence-electron chi connectivity index (χ0n) is 10.7. The lowest BCUT2D eigenvalue weighted by molar-refractivity contribution is 0.407. The van der Waals surface area contributed by atoms with E-state index in [1.165, 1.54) is 13.2 Å². The Hall–Kier alpha value is -2.62. The Morgan fingerprint density at radius 2 is 1.85 bits per heavy atom. The highest BCUT2D eigenvalue weighted by atomic mass is 19.1. The summed E-state index contributed by atoms with van der Waals surface area (Å²) < 4.78 is 24.2. The van der Waals surface area contributed by atoms with Crippen molar-refractivity contribution in [3.8, 4) is 16.9 Å². The number of methoxy groups -OCH3 is 1. The molecule has 0 saturated carbocycles. The topological polar surface area (TPSA) is 39.4 Å². The van der Waals surface area contributed by atoms with Crippen LogP contribution in [0.3, 0.4) is 0 Å². The molecule has 3 rings (SSSR count). The molecule has 0 spiro atoms. The van der Waals surface area contributed by atoms with Crippen LogP contribution in [0.1, 0.15) is 0 Å². The Bertz CT molecular complexity index is 836. The van der Waals surface area contributed by atoms with Gasteiger partial charge in [0.05, 0.1) is 12.7 Å². The summed E-state index contributed by atoms with van der Waals surface area (Å²) in [5.74, 6) is 0.0155. The molecular weight excluding hydrogens is 259 g/mol. The van der Waals surface area contributed by atoms with Crippen molar-refractivity contribution in [3.05, 3.63) is 64.8 Å². The van der Waals surface area contributed by atoms with Gasteiger partial charge in [0.2, 0.25) is 0 Å². The molecular formula is C16H11FO3. The minimum atomic E-state index is -0.591. The minimum absolute atomic E-state index is 0.198. The fourth-order valence-electron chi connectivity index (χ4n) is 2.15. The summed E-state index contributed by atoms with van der Waals surface area (Å²) in [5.41, 5.74) is 0.196. The summed E-state index contributed by atoms with van der Waals surface area (Å²) in [6.45, 7) is 0. The van der Waals surface area contributed by atoms with E-state index in [2.05, 4.69) is 0 Å². The molecule has 0 aliphatic carbocycles. The first kappa shape index (κ1) is 12.4. The van der Waals surface area contributed by atoms with E-state index in [1.807, 2.05) is 0 Å². The average molecular weight is 270 g/mol. The van der Waals surface area contributed by atoms with E-state index in [9.17, 15) is 9.18 Å². The van der Waals surface area contributed by atoms with Crippen LogP contribution in [-0.4, -0.2) is 7.11 Å². The Morgan fingerprint density at radius 1 is 1.05 bits per heavy atom. The summed E-state index contributed by atoms with van der Waals surface area (Å²) in [5, 5.41) is 0.683. The number of halogens is 1. The van der Waals surface area contributed by atoms with Crippen molar-refractivity contribution in [3.63, 3.8) is 0 Å². The quantitative estimate of drug-likeness (QED) is 0.668. The van der Waals surface area contributed by atoms with Crippen LogP contribution in [0.5, 0.6) is 5.75 Å². The highest BCUT2D eigenvalue weighted by Crippen LogP contribution is 2.28. The molecule has 3 nitrogen and oxygen atoms in total. The molecule has 0 saturated heterocycles. The number of fused-ring (bicyclic) bond motifs is 1. The Labute approximate surface area is 114 Å². The van der Waals surface area contributed by atoms with Crippen LogP contribution in [0, 0.1) is 5.82 Å². The summed E-state index contributed by atoms with van der Waals surface area (Å²) in [6, 6.07) is 13.0. The first-order valence-electron chi connectivity index (χ1n) is 6.06. The predicted octanol–water partition coefficient (Wildman–Crippen LogP) is 3.61. The lowest BCUT2D eigenvalue weighted by Gasteiger charge is -2.06. The summed E-state index contributed by atoms with van der Waals surface area (Å²) >= 11 is 0. The van der Waals surface area contributed by atoms with Gasteiger partial charge in [-0.2, -0.15) is 0 Å². The summed E-state index contributed by atoms with van der Waals surface area (Å²) in [4.78, 5) is 12.1. The standard InChI is InChI=1S/C16H11FO3/c1-19-14-8-4-5-10-9-12(16(18)20-15(10)14)11-6-2-3-7-13(11)17/h2-9H,1H3. The molecule has 3 aromatic rings. The van der Waals surface area contributed by atoms with Crippen LogP contribution in [0.15, 0.2) is 57.7 Å². The van der Waals surface area contributed by atoms with Gasteiger partial charge >= 0.3 is 5.63 Å². The highest BCUT2D eigenvalue weighted by molar-refractivity contribution is 5.86. The van der Waals surface area contributed by atoms with Crippen LogP contribution in [0.25, 0.3) is 22.1 Å². The lowest BCUT2D eigenvalue weighted by atomic mass is 10.1. The highest BCUT2D eigenvalue weighted by Gasteiger charge is 2.13. The fourth-order valence-corrected chi connectivity index (χ4v) is 2.15. The van der Waals surface area contributed by atoms with Gasteiger partial charge in [-0.05, 0) is 18.2 Å². The van der Waals surface area contributed by atoms with Gasteiger partial charge in [-0.1, -0.05) is 30.3 Å². The fraction of sp³-hybridized carbons (Fsp3) is 0.0625. The van der Waals surface area contributed by atoms with Crippen molar-refractivity contribution < 1.29 is 13.5 Å². The van der Waals surface area contributed by atoms with E-state index in [-0.39, 0.29) is 11.1 Å². The third kappa shape index (κ3) is 1.95. The number of benzene rings is 2. The summed E-state index contributed by atoms with van der Waals surface area (Å²) in [7, 11) is 1.50. The zero-order chi connectivity index (χ0) is 14.1. The van der Waals surface area contributed by atoms with Crippen LogP contribution in [-0.2, 0) is 0 Å². The Kier molecular flexibility index (Phi) is 2.99. The van der Waals surface area contributed by atoms with E-state index in [0.29, 0.717) is 16.7 Å². The molecule has 0 bridgehead atoms. The van der Waals surface area contributed by atoms with Gasteiger partial charge in [0.15, 0.2) is 11.3 Å². The molecule has 100 valence electrons.